The largest absolute Gasteiger partial charge is 0.383 e. The molecule has 1 fully saturated rings. The summed E-state index contributed by atoms with van der Waals surface area (Å²) in [5.74, 6) is 0. The Bertz CT molecular complexity index is 533. The molecule has 0 amide bonds. The van der Waals surface area contributed by atoms with Crippen molar-refractivity contribution in [3.8, 4) is 0 Å². The predicted molar refractivity (Wildman–Crippen MR) is 72.6 cm³/mol. The Balaban J connectivity index is 2.30. The fourth-order valence-corrected chi connectivity index (χ4v) is 3.72. The highest BCUT2D eigenvalue weighted by Gasteiger charge is 2.34. The van der Waals surface area contributed by atoms with Crippen LogP contribution in [0.15, 0.2) is 23.4 Å². The highest BCUT2D eigenvalue weighted by Crippen LogP contribution is 2.25. The topological polar surface area (TPSA) is 71.5 Å². The molecule has 1 N–H and O–H groups in total. The third kappa shape index (κ3) is 2.88. The molecular weight excluding hydrogens is 266 g/mol. The van der Waals surface area contributed by atoms with Gasteiger partial charge in [-0.3, -0.25) is 0 Å². The smallest absolute Gasteiger partial charge is 0.262 e. The maximum atomic E-state index is 12.6. The summed E-state index contributed by atoms with van der Waals surface area (Å²) in [6, 6.07) is 3.45. The second kappa shape index (κ2) is 5.85. The van der Waals surface area contributed by atoms with Gasteiger partial charge in [0.15, 0.2) is 5.03 Å². The standard InChI is InChI=1S/C12H19N3O3S/c1-3-13-11-5-4-7-14-12(11)19(16,17)15-8-6-10(9-15)18-2/h4-5,7,10,13H,3,6,8-9H2,1-2H3. The number of hydrogen-bond donors (Lipinski definition) is 1. The van der Waals surface area contributed by atoms with Gasteiger partial charge in [0.2, 0.25) is 0 Å². The van der Waals surface area contributed by atoms with Crippen LogP contribution in [-0.4, -0.2) is 50.6 Å². The van der Waals surface area contributed by atoms with E-state index in [0.29, 0.717) is 25.3 Å². The fourth-order valence-electron chi connectivity index (χ4n) is 2.15. The van der Waals surface area contributed by atoms with Gasteiger partial charge in [0.25, 0.3) is 10.0 Å². The van der Waals surface area contributed by atoms with E-state index in [-0.39, 0.29) is 11.1 Å². The maximum absolute atomic E-state index is 12.6. The molecule has 0 aliphatic carbocycles. The first-order valence-electron chi connectivity index (χ1n) is 6.31. The number of rotatable bonds is 5. The first-order valence-corrected chi connectivity index (χ1v) is 7.75. The second-order valence-corrected chi connectivity index (χ2v) is 6.25. The number of nitrogens with one attached hydrogen (secondary N) is 1. The molecular formula is C12H19N3O3S. The average Bonchev–Trinajstić information content (AvgIpc) is 2.89. The minimum atomic E-state index is -3.55. The molecule has 6 nitrogen and oxygen atoms in total. The van der Waals surface area contributed by atoms with E-state index in [1.54, 1.807) is 19.2 Å². The lowest BCUT2D eigenvalue weighted by atomic mass is 10.3. The van der Waals surface area contributed by atoms with Crippen molar-refractivity contribution >= 4 is 15.7 Å². The molecule has 2 rings (SSSR count). The lowest BCUT2D eigenvalue weighted by Gasteiger charge is -2.17. The summed E-state index contributed by atoms with van der Waals surface area (Å²) < 4.78 is 31.8. The molecule has 2 heterocycles. The van der Waals surface area contributed by atoms with E-state index >= 15 is 0 Å². The zero-order chi connectivity index (χ0) is 13.9. The van der Waals surface area contributed by atoms with Crippen molar-refractivity contribution < 1.29 is 13.2 Å². The Hall–Kier alpha value is -1.18. The number of hydrogen-bond acceptors (Lipinski definition) is 5. The average molecular weight is 285 g/mol. The summed E-state index contributed by atoms with van der Waals surface area (Å²) in [5.41, 5.74) is 0.547. The van der Waals surface area contributed by atoms with E-state index < -0.39 is 10.0 Å². The SMILES string of the molecule is CCNc1cccnc1S(=O)(=O)N1CCC(OC)C1. The summed E-state index contributed by atoms with van der Waals surface area (Å²) >= 11 is 0. The highest BCUT2D eigenvalue weighted by atomic mass is 32.2. The zero-order valence-corrected chi connectivity index (χ0v) is 12.0. The Morgan fingerprint density at radius 2 is 2.37 bits per heavy atom. The Labute approximate surface area is 113 Å². The van der Waals surface area contributed by atoms with Crippen LogP contribution in [0.4, 0.5) is 5.69 Å². The minimum absolute atomic E-state index is 0.0268. The quantitative estimate of drug-likeness (QED) is 0.871. The van der Waals surface area contributed by atoms with Crippen LogP contribution in [0.3, 0.4) is 0 Å². The molecule has 0 spiro atoms. The van der Waals surface area contributed by atoms with Crippen LogP contribution < -0.4 is 5.32 Å². The fraction of sp³-hybridized carbons (Fsp3) is 0.583. The number of ether oxygens (including phenoxy) is 1. The predicted octanol–water partition coefficient (Wildman–Crippen LogP) is 0.923. The van der Waals surface area contributed by atoms with Gasteiger partial charge in [0.1, 0.15) is 0 Å². The number of sulfonamides is 1. The summed E-state index contributed by atoms with van der Waals surface area (Å²) in [5, 5.41) is 3.12. The molecule has 1 saturated heterocycles. The van der Waals surface area contributed by atoms with Crippen LogP contribution in [0.1, 0.15) is 13.3 Å². The van der Waals surface area contributed by atoms with Gasteiger partial charge in [-0.1, -0.05) is 0 Å². The Kier molecular flexibility index (Phi) is 4.38. The van der Waals surface area contributed by atoms with Crippen LogP contribution in [0.5, 0.6) is 0 Å². The van der Waals surface area contributed by atoms with E-state index in [1.165, 1.54) is 10.5 Å². The number of anilines is 1. The molecule has 1 aromatic rings. The van der Waals surface area contributed by atoms with E-state index in [4.69, 9.17) is 4.74 Å². The van der Waals surface area contributed by atoms with Crippen molar-refractivity contribution in [1.82, 2.24) is 9.29 Å². The lowest BCUT2D eigenvalue weighted by Crippen LogP contribution is -2.31. The van der Waals surface area contributed by atoms with Crippen LogP contribution in [-0.2, 0) is 14.8 Å². The van der Waals surface area contributed by atoms with E-state index in [1.807, 2.05) is 6.92 Å². The van der Waals surface area contributed by atoms with Gasteiger partial charge in [-0.05, 0) is 25.5 Å². The first kappa shape index (κ1) is 14.2. The lowest BCUT2D eigenvalue weighted by molar-refractivity contribution is 0.115. The van der Waals surface area contributed by atoms with Gasteiger partial charge < -0.3 is 10.1 Å². The van der Waals surface area contributed by atoms with E-state index in [2.05, 4.69) is 10.3 Å². The number of methoxy groups -OCH3 is 1. The number of nitrogens with zero attached hydrogens (tertiary/aromatic N) is 2. The first-order chi connectivity index (χ1) is 9.09. The van der Waals surface area contributed by atoms with Gasteiger partial charge in [0.05, 0.1) is 11.8 Å². The molecule has 0 radical (unpaired) electrons. The molecule has 0 bridgehead atoms. The molecule has 0 aromatic carbocycles. The Morgan fingerprint density at radius 3 is 3.00 bits per heavy atom. The summed E-state index contributed by atoms with van der Waals surface area (Å²) in [4.78, 5) is 4.03. The molecule has 19 heavy (non-hydrogen) atoms. The molecule has 1 atom stereocenters. The molecule has 106 valence electrons. The molecule has 1 aliphatic rings. The van der Waals surface area contributed by atoms with Gasteiger partial charge in [-0.15, -0.1) is 0 Å². The van der Waals surface area contributed by atoms with Crippen molar-refractivity contribution in [2.75, 3.05) is 32.1 Å². The van der Waals surface area contributed by atoms with Crippen molar-refractivity contribution in [3.63, 3.8) is 0 Å². The summed E-state index contributed by atoms with van der Waals surface area (Å²) in [7, 11) is -1.95. The zero-order valence-electron chi connectivity index (χ0n) is 11.2. The maximum Gasteiger partial charge on any atom is 0.262 e. The van der Waals surface area contributed by atoms with Gasteiger partial charge in [-0.2, -0.15) is 4.31 Å². The monoisotopic (exact) mass is 285 g/mol. The minimum Gasteiger partial charge on any atom is -0.383 e. The van der Waals surface area contributed by atoms with Gasteiger partial charge in [0, 0.05) is 32.9 Å². The number of aromatic nitrogens is 1. The van der Waals surface area contributed by atoms with Crippen molar-refractivity contribution in [2.24, 2.45) is 0 Å². The van der Waals surface area contributed by atoms with Gasteiger partial charge >= 0.3 is 0 Å². The molecule has 0 saturated carbocycles. The van der Waals surface area contributed by atoms with Gasteiger partial charge in [-0.25, -0.2) is 13.4 Å². The summed E-state index contributed by atoms with van der Waals surface area (Å²) in [6.45, 7) is 3.43. The normalized spacial score (nSPS) is 20.6. The second-order valence-electron chi connectivity index (χ2n) is 4.40. The van der Waals surface area contributed by atoms with Crippen molar-refractivity contribution in [2.45, 2.75) is 24.5 Å². The summed E-state index contributed by atoms with van der Waals surface area (Å²) in [6.07, 6.45) is 2.19. The van der Waals surface area contributed by atoms with Crippen LogP contribution in [0.2, 0.25) is 0 Å². The molecule has 1 aromatic heterocycles. The molecule has 7 heteroatoms. The van der Waals surface area contributed by atoms with E-state index in [0.717, 1.165) is 6.42 Å². The van der Waals surface area contributed by atoms with E-state index in [9.17, 15) is 8.42 Å². The molecule has 1 unspecified atom stereocenters. The van der Waals surface area contributed by atoms with Crippen molar-refractivity contribution in [3.05, 3.63) is 18.3 Å². The third-order valence-corrected chi connectivity index (χ3v) is 4.99. The van der Waals surface area contributed by atoms with Crippen LogP contribution >= 0.6 is 0 Å². The highest BCUT2D eigenvalue weighted by molar-refractivity contribution is 7.89. The van der Waals surface area contributed by atoms with Crippen LogP contribution in [0, 0.1) is 0 Å². The third-order valence-electron chi connectivity index (χ3n) is 3.16. The molecule has 1 aliphatic heterocycles. The Morgan fingerprint density at radius 1 is 1.58 bits per heavy atom. The van der Waals surface area contributed by atoms with Crippen LogP contribution in [0.25, 0.3) is 0 Å². The number of pyridine rings is 1. The van der Waals surface area contributed by atoms with Crippen molar-refractivity contribution in [1.29, 1.82) is 0 Å².